The van der Waals surface area contributed by atoms with Gasteiger partial charge in [-0.1, -0.05) is 36.4 Å². The number of pyridine rings is 1. The Kier molecular flexibility index (Phi) is 3.95. The van der Waals surface area contributed by atoms with E-state index >= 15 is 0 Å². The fourth-order valence-corrected chi connectivity index (χ4v) is 3.08. The van der Waals surface area contributed by atoms with Gasteiger partial charge in [-0.2, -0.15) is 10.2 Å². The van der Waals surface area contributed by atoms with Gasteiger partial charge in [-0.3, -0.25) is 10.4 Å². The molecule has 0 aliphatic heterocycles. The topological polar surface area (TPSA) is 80.9 Å². The number of nitrogens with one attached hydrogen (secondary N) is 1. The minimum atomic E-state index is 0.599. The third-order valence-electron chi connectivity index (χ3n) is 4.42. The van der Waals surface area contributed by atoms with Gasteiger partial charge in [0.25, 0.3) is 0 Å². The summed E-state index contributed by atoms with van der Waals surface area (Å²) >= 11 is 0. The van der Waals surface area contributed by atoms with E-state index in [2.05, 4.69) is 30.6 Å². The number of fused-ring (bicyclic) bond motifs is 2. The molecular weight excluding hydrogens is 350 g/mol. The second-order valence-corrected chi connectivity index (χ2v) is 6.14. The van der Waals surface area contributed by atoms with Crippen molar-refractivity contribution >= 4 is 34.0 Å². The molecule has 0 saturated heterocycles. The molecule has 28 heavy (non-hydrogen) atoms. The largest absolute Gasteiger partial charge is 0.261 e. The summed E-state index contributed by atoms with van der Waals surface area (Å²) in [6.45, 7) is 0. The lowest BCUT2D eigenvalue weighted by atomic mass is 10.1. The summed E-state index contributed by atoms with van der Waals surface area (Å²) in [5, 5.41) is 10.6. The van der Waals surface area contributed by atoms with E-state index in [1.54, 1.807) is 23.3 Å². The van der Waals surface area contributed by atoms with Crippen molar-refractivity contribution in [3.05, 3.63) is 84.9 Å². The Bertz CT molecular complexity index is 1290. The number of rotatable bonds is 4. The molecule has 0 amide bonds. The van der Waals surface area contributed by atoms with Crippen LogP contribution < -0.4 is 5.43 Å². The highest BCUT2D eigenvalue weighted by Gasteiger charge is 2.10. The third kappa shape index (κ3) is 2.84. The van der Waals surface area contributed by atoms with Crippen LogP contribution in [0.5, 0.6) is 0 Å². The average molecular weight is 365 g/mol. The van der Waals surface area contributed by atoms with Gasteiger partial charge < -0.3 is 0 Å². The molecule has 0 radical (unpaired) electrons. The molecule has 0 bridgehead atoms. The van der Waals surface area contributed by atoms with Gasteiger partial charge in [0.1, 0.15) is 6.33 Å². The van der Waals surface area contributed by atoms with Crippen LogP contribution in [-0.4, -0.2) is 30.9 Å². The van der Waals surface area contributed by atoms with Crippen molar-refractivity contribution in [3.8, 4) is 5.69 Å². The van der Waals surface area contributed by atoms with E-state index in [1.807, 2.05) is 60.7 Å². The van der Waals surface area contributed by atoms with Gasteiger partial charge in [-0.25, -0.2) is 14.6 Å². The van der Waals surface area contributed by atoms with Crippen molar-refractivity contribution in [3.63, 3.8) is 0 Å². The SMILES string of the molecule is C(=N\Nc1ncnc2c1cnn2-c1ccccc1)/c1ccnc2ccccc12. The van der Waals surface area contributed by atoms with Crippen molar-refractivity contribution in [2.24, 2.45) is 5.10 Å². The lowest BCUT2D eigenvalue weighted by molar-refractivity contribution is 0.895. The zero-order valence-corrected chi connectivity index (χ0v) is 14.8. The molecule has 2 aromatic carbocycles. The Morgan fingerprint density at radius 3 is 2.64 bits per heavy atom. The Morgan fingerprint density at radius 1 is 0.857 bits per heavy atom. The number of aromatic nitrogens is 5. The highest BCUT2D eigenvalue weighted by atomic mass is 15.3. The van der Waals surface area contributed by atoms with Crippen molar-refractivity contribution in [2.75, 3.05) is 5.43 Å². The van der Waals surface area contributed by atoms with Crippen LogP contribution in [0.3, 0.4) is 0 Å². The number of nitrogens with zero attached hydrogens (tertiary/aromatic N) is 6. The molecule has 0 atom stereocenters. The Morgan fingerprint density at radius 2 is 1.71 bits per heavy atom. The minimum Gasteiger partial charge on any atom is -0.261 e. The first-order valence-corrected chi connectivity index (χ1v) is 8.77. The zero-order valence-electron chi connectivity index (χ0n) is 14.8. The van der Waals surface area contributed by atoms with Gasteiger partial charge in [0.2, 0.25) is 0 Å². The fraction of sp³-hybridized carbons (Fsp3) is 0. The van der Waals surface area contributed by atoms with E-state index < -0.39 is 0 Å². The van der Waals surface area contributed by atoms with E-state index in [0.29, 0.717) is 11.5 Å². The summed E-state index contributed by atoms with van der Waals surface area (Å²) in [5.41, 5.74) is 6.57. The van der Waals surface area contributed by atoms with Gasteiger partial charge in [-0.05, 0) is 24.3 Å². The normalized spacial score (nSPS) is 11.4. The second-order valence-electron chi connectivity index (χ2n) is 6.14. The van der Waals surface area contributed by atoms with Crippen LogP contribution in [0.1, 0.15) is 5.56 Å². The van der Waals surface area contributed by atoms with Crippen LogP contribution in [-0.2, 0) is 0 Å². The van der Waals surface area contributed by atoms with Gasteiger partial charge in [0.05, 0.1) is 29.0 Å². The second kappa shape index (κ2) is 6.88. The highest BCUT2D eigenvalue weighted by molar-refractivity contribution is 5.98. The number of hydrogen-bond acceptors (Lipinski definition) is 6. The molecule has 7 nitrogen and oxygen atoms in total. The molecule has 3 heterocycles. The molecule has 0 aliphatic rings. The van der Waals surface area contributed by atoms with Gasteiger partial charge >= 0.3 is 0 Å². The summed E-state index contributed by atoms with van der Waals surface area (Å²) in [4.78, 5) is 13.0. The molecule has 0 aliphatic carbocycles. The first-order valence-electron chi connectivity index (χ1n) is 8.77. The van der Waals surface area contributed by atoms with E-state index in [1.165, 1.54) is 6.33 Å². The monoisotopic (exact) mass is 365 g/mol. The van der Waals surface area contributed by atoms with E-state index in [9.17, 15) is 0 Å². The predicted octanol–water partition coefficient (Wildman–Crippen LogP) is 3.81. The molecule has 7 heteroatoms. The summed E-state index contributed by atoms with van der Waals surface area (Å²) in [5.74, 6) is 0.599. The first-order chi connectivity index (χ1) is 13.9. The van der Waals surface area contributed by atoms with Crippen molar-refractivity contribution in [1.82, 2.24) is 24.7 Å². The number of anilines is 1. The molecule has 0 spiro atoms. The highest BCUT2D eigenvalue weighted by Crippen LogP contribution is 2.21. The van der Waals surface area contributed by atoms with Crippen LogP contribution in [0, 0.1) is 0 Å². The molecule has 3 aromatic heterocycles. The summed E-state index contributed by atoms with van der Waals surface area (Å²) in [7, 11) is 0. The molecule has 0 fully saturated rings. The molecule has 0 unspecified atom stereocenters. The van der Waals surface area contributed by atoms with Crippen LogP contribution in [0.2, 0.25) is 0 Å². The molecule has 1 N–H and O–H groups in total. The maximum atomic E-state index is 4.45. The summed E-state index contributed by atoms with van der Waals surface area (Å²) in [6, 6.07) is 19.7. The maximum absolute atomic E-state index is 4.45. The van der Waals surface area contributed by atoms with Crippen LogP contribution in [0.15, 0.2) is 84.5 Å². The predicted molar refractivity (Wildman–Crippen MR) is 110 cm³/mol. The van der Waals surface area contributed by atoms with E-state index in [4.69, 9.17) is 0 Å². The lowest BCUT2D eigenvalue weighted by Crippen LogP contribution is -1.99. The minimum absolute atomic E-state index is 0.599. The Balaban J connectivity index is 1.47. The third-order valence-corrected chi connectivity index (χ3v) is 4.42. The quantitative estimate of drug-likeness (QED) is 0.387. The lowest BCUT2D eigenvalue weighted by Gasteiger charge is -2.04. The maximum Gasteiger partial charge on any atom is 0.168 e. The van der Waals surface area contributed by atoms with Crippen LogP contribution in [0.4, 0.5) is 5.82 Å². The van der Waals surface area contributed by atoms with Gasteiger partial charge in [-0.15, -0.1) is 0 Å². The van der Waals surface area contributed by atoms with E-state index in [-0.39, 0.29) is 0 Å². The molecule has 5 rings (SSSR count). The first kappa shape index (κ1) is 16.1. The van der Waals surface area contributed by atoms with E-state index in [0.717, 1.165) is 27.5 Å². The zero-order chi connectivity index (χ0) is 18.8. The van der Waals surface area contributed by atoms with Crippen molar-refractivity contribution in [2.45, 2.75) is 0 Å². The molecular formula is C21H15N7. The number of hydrazone groups is 1. The fourth-order valence-electron chi connectivity index (χ4n) is 3.08. The molecule has 134 valence electrons. The van der Waals surface area contributed by atoms with Gasteiger partial charge in [0, 0.05) is 17.1 Å². The number of hydrogen-bond donors (Lipinski definition) is 1. The molecule has 0 saturated carbocycles. The van der Waals surface area contributed by atoms with Crippen LogP contribution in [0.25, 0.3) is 27.6 Å². The van der Waals surface area contributed by atoms with Gasteiger partial charge in [0.15, 0.2) is 11.5 Å². The standard InChI is InChI=1S/C21H15N7/c1-2-6-16(7-3-1)28-21-18(13-26-28)20(23-14-24-21)27-25-12-15-10-11-22-19-9-5-4-8-17(15)19/h1-14H,(H,23,24,27)/b25-12+. The Hall–Kier alpha value is -4.13. The summed E-state index contributed by atoms with van der Waals surface area (Å²) < 4.78 is 1.78. The van der Waals surface area contributed by atoms with Crippen molar-refractivity contribution in [1.29, 1.82) is 0 Å². The Labute approximate surface area is 160 Å². The average Bonchev–Trinajstić information content (AvgIpc) is 3.20. The number of para-hydroxylation sites is 2. The smallest absolute Gasteiger partial charge is 0.168 e. The van der Waals surface area contributed by atoms with Crippen molar-refractivity contribution < 1.29 is 0 Å². The van der Waals surface area contributed by atoms with Crippen LogP contribution >= 0.6 is 0 Å². The summed E-state index contributed by atoms with van der Waals surface area (Å²) in [6.07, 6.45) is 6.78. The number of benzene rings is 2. The molecule has 5 aromatic rings.